The third-order valence-corrected chi connectivity index (χ3v) is 3.57. The molecule has 88 valence electrons. The van der Waals surface area contributed by atoms with Gasteiger partial charge in [0.05, 0.1) is 0 Å². The van der Waals surface area contributed by atoms with Crippen LogP contribution in [0.5, 0.6) is 0 Å². The lowest BCUT2D eigenvalue weighted by Crippen LogP contribution is -2.31. The maximum Gasteiger partial charge on any atom is 0.00218 e. The van der Waals surface area contributed by atoms with E-state index in [-0.39, 0.29) is 0 Å². The maximum absolute atomic E-state index is 2.61. The summed E-state index contributed by atoms with van der Waals surface area (Å²) in [6.45, 7) is 6.10. The minimum Gasteiger partial charge on any atom is -0.303 e. The van der Waals surface area contributed by atoms with E-state index in [0.717, 1.165) is 6.42 Å². The molecule has 16 heavy (non-hydrogen) atoms. The van der Waals surface area contributed by atoms with Gasteiger partial charge in [0.25, 0.3) is 0 Å². The zero-order chi connectivity index (χ0) is 11.2. The number of rotatable bonds is 4. The molecule has 0 bridgehead atoms. The van der Waals surface area contributed by atoms with E-state index < -0.39 is 0 Å². The Kier molecular flexibility index (Phi) is 4.41. The first-order chi connectivity index (χ1) is 7.88. The first-order valence-electron chi connectivity index (χ1n) is 6.68. The van der Waals surface area contributed by atoms with Crippen molar-refractivity contribution in [1.29, 1.82) is 0 Å². The normalized spacial score (nSPS) is 17.6. The smallest absolute Gasteiger partial charge is 0.00218 e. The molecule has 0 atom stereocenters. The first kappa shape index (κ1) is 11.7. The van der Waals surface area contributed by atoms with Crippen LogP contribution in [0.2, 0.25) is 0 Å². The van der Waals surface area contributed by atoms with Crippen LogP contribution in [0, 0.1) is 0 Å². The van der Waals surface area contributed by atoms with E-state index in [9.17, 15) is 0 Å². The Hall–Kier alpha value is -0.820. The van der Waals surface area contributed by atoms with Crippen LogP contribution in [-0.4, -0.2) is 24.5 Å². The Morgan fingerprint density at radius 3 is 2.56 bits per heavy atom. The Labute approximate surface area is 99.5 Å². The minimum absolute atomic E-state index is 1.15. The molecule has 0 saturated carbocycles. The fourth-order valence-corrected chi connectivity index (χ4v) is 2.48. The number of nitrogens with zero attached hydrogens (tertiary/aromatic N) is 1. The molecular formula is C15H23N. The van der Waals surface area contributed by atoms with Crippen molar-refractivity contribution in [2.24, 2.45) is 0 Å². The van der Waals surface area contributed by atoms with Gasteiger partial charge >= 0.3 is 0 Å². The number of piperidine rings is 1. The van der Waals surface area contributed by atoms with Crippen molar-refractivity contribution in [2.45, 2.75) is 39.0 Å². The van der Waals surface area contributed by atoms with Gasteiger partial charge in [0.1, 0.15) is 0 Å². The van der Waals surface area contributed by atoms with Crippen molar-refractivity contribution >= 4 is 0 Å². The molecule has 1 aliphatic rings. The van der Waals surface area contributed by atoms with Crippen LogP contribution in [0.15, 0.2) is 24.3 Å². The fourth-order valence-electron chi connectivity index (χ4n) is 2.48. The molecule has 0 unspecified atom stereocenters. The van der Waals surface area contributed by atoms with Crippen LogP contribution in [0.25, 0.3) is 0 Å². The van der Waals surface area contributed by atoms with Crippen LogP contribution in [0.3, 0.4) is 0 Å². The first-order valence-corrected chi connectivity index (χ1v) is 6.68. The number of likely N-dealkylation sites (tertiary alicyclic amines) is 1. The third-order valence-electron chi connectivity index (χ3n) is 3.57. The van der Waals surface area contributed by atoms with Gasteiger partial charge in [-0.2, -0.15) is 0 Å². The quantitative estimate of drug-likeness (QED) is 0.748. The van der Waals surface area contributed by atoms with Gasteiger partial charge < -0.3 is 4.90 Å². The summed E-state index contributed by atoms with van der Waals surface area (Å²) in [5.41, 5.74) is 2.97. The lowest BCUT2D eigenvalue weighted by Gasteiger charge is -2.26. The highest BCUT2D eigenvalue weighted by molar-refractivity contribution is 5.23. The van der Waals surface area contributed by atoms with Gasteiger partial charge in [-0.25, -0.2) is 0 Å². The molecule has 1 aromatic carbocycles. The number of aryl methyl sites for hydroxylation is 1. The average molecular weight is 217 g/mol. The highest BCUT2D eigenvalue weighted by Crippen LogP contribution is 2.11. The number of benzene rings is 1. The number of hydrogen-bond donors (Lipinski definition) is 0. The third kappa shape index (κ3) is 3.34. The fraction of sp³-hybridized carbons (Fsp3) is 0.600. The zero-order valence-corrected chi connectivity index (χ0v) is 10.4. The van der Waals surface area contributed by atoms with Gasteiger partial charge in [0.2, 0.25) is 0 Å². The molecule has 1 aromatic rings. The molecule has 0 radical (unpaired) electrons. The lowest BCUT2D eigenvalue weighted by atomic mass is 10.1. The Balaban J connectivity index is 1.83. The summed E-state index contributed by atoms with van der Waals surface area (Å²) in [4.78, 5) is 2.61. The molecule has 1 fully saturated rings. The molecule has 0 aromatic heterocycles. The van der Waals surface area contributed by atoms with Crippen LogP contribution >= 0.6 is 0 Å². The lowest BCUT2D eigenvalue weighted by molar-refractivity contribution is 0.231. The predicted molar refractivity (Wildman–Crippen MR) is 69.8 cm³/mol. The Morgan fingerprint density at radius 2 is 1.81 bits per heavy atom. The number of hydrogen-bond acceptors (Lipinski definition) is 1. The molecule has 0 amide bonds. The predicted octanol–water partition coefficient (Wildman–Crippen LogP) is 3.28. The average Bonchev–Trinajstić information content (AvgIpc) is 2.38. The summed E-state index contributed by atoms with van der Waals surface area (Å²) in [5, 5.41) is 0. The molecule has 0 spiro atoms. The Morgan fingerprint density at radius 1 is 1.06 bits per heavy atom. The summed E-state index contributed by atoms with van der Waals surface area (Å²) < 4.78 is 0. The van der Waals surface area contributed by atoms with E-state index in [2.05, 4.69) is 36.1 Å². The topological polar surface area (TPSA) is 3.24 Å². The van der Waals surface area contributed by atoms with Gasteiger partial charge in [-0.1, -0.05) is 37.6 Å². The standard InChI is InChI=1S/C15H23N/c1-2-14-7-6-8-15(13-14)9-12-16-10-4-3-5-11-16/h6-8,13H,2-5,9-12H2,1H3. The molecule has 1 aliphatic heterocycles. The van der Waals surface area contributed by atoms with Crippen molar-refractivity contribution in [3.63, 3.8) is 0 Å². The summed E-state index contributed by atoms with van der Waals surface area (Å²) in [7, 11) is 0. The Bertz CT molecular complexity index is 313. The van der Waals surface area contributed by atoms with Gasteiger partial charge in [-0.05, 0) is 49.9 Å². The summed E-state index contributed by atoms with van der Waals surface area (Å²) >= 11 is 0. The molecule has 0 aliphatic carbocycles. The van der Waals surface area contributed by atoms with E-state index in [1.807, 2.05) is 0 Å². The highest BCUT2D eigenvalue weighted by atomic mass is 15.1. The molecule has 1 heteroatoms. The monoisotopic (exact) mass is 217 g/mol. The SMILES string of the molecule is CCc1cccc(CCN2CCCCC2)c1. The van der Waals surface area contributed by atoms with Crippen LogP contribution in [-0.2, 0) is 12.8 Å². The van der Waals surface area contributed by atoms with Gasteiger partial charge in [-0.15, -0.1) is 0 Å². The largest absolute Gasteiger partial charge is 0.303 e. The highest BCUT2D eigenvalue weighted by Gasteiger charge is 2.09. The molecule has 1 heterocycles. The van der Waals surface area contributed by atoms with E-state index in [0.29, 0.717) is 0 Å². The van der Waals surface area contributed by atoms with Crippen molar-refractivity contribution in [2.75, 3.05) is 19.6 Å². The summed E-state index contributed by atoms with van der Waals surface area (Å²) in [6.07, 6.45) is 6.59. The molecule has 1 nitrogen and oxygen atoms in total. The van der Waals surface area contributed by atoms with Gasteiger partial charge in [0, 0.05) is 6.54 Å². The maximum atomic E-state index is 2.61. The van der Waals surface area contributed by atoms with Crippen molar-refractivity contribution in [3.8, 4) is 0 Å². The zero-order valence-electron chi connectivity index (χ0n) is 10.4. The minimum atomic E-state index is 1.15. The van der Waals surface area contributed by atoms with Crippen molar-refractivity contribution in [3.05, 3.63) is 35.4 Å². The van der Waals surface area contributed by atoms with Gasteiger partial charge in [0.15, 0.2) is 0 Å². The second-order valence-electron chi connectivity index (χ2n) is 4.83. The van der Waals surface area contributed by atoms with Crippen LogP contribution < -0.4 is 0 Å². The molecular weight excluding hydrogens is 194 g/mol. The summed E-state index contributed by atoms with van der Waals surface area (Å²) in [6, 6.07) is 9.06. The molecule has 1 saturated heterocycles. The van der Waals surface area contributed by atoms with Crippen molar-refractivity contribution in [1.82, 2.24) is 4.90 Å². The van der Waals surface area contributed by atoms with Crippen LogP contribution in [0.1, 0.15) is 37.3 Å². The molecule has 2 rings (SSSR count). The van der Waals surface area contributed by atoms with Gasteiger partial charge in [-0.3, -0.25) is 0 Å². The second kappa shape index (κ2) is 6.05. The van der Waals surface area contributed by atoms with E-state index >= 15 is 0 Å². The molecule has 0 N–H and O–H groups in total. The summed E-state index contributed by atoms with van der Waals surface area (Å²) in [5.74, 6) is 0. The van der Waals surface area contributed by atoms with E-state index in [1.165, 1.54) is 56.4 Å². The second-order valence-corrected chi connectivity index (χ2v) is 4.83. The van der Waals surface area contributed by atoms with E-state index in [1.54, 1.807) is 0 Å². The van der Waals surface area contributed by atoms with Crippen LogP contribution in [0.4, 0.5) is 0 Å². The van der Waals surface area contributed by atoms with E-state index in [4.69, 9.17) is 0 Å². The van der Waals surface area contributed by atoms with Crippen molar-refractivity contribution < 1.29 is 0 Å².